The Labute approximate surface area is 265 Å². The van der Waals surface area contributed by atoms with E-state index in [-0.39, 0.29) is 6.03 Å². The standard InChI is InChI=1S/C38H40N4O3/c43-38(41-35-18-20-36(21-19-35)45-28-37-9-5-23-44-37)42(27-31-6-4-22-39-24-31)26-30-12-16-33(17-13-30)32-14-10-29(11-15-32)25-40-34-7-2-1-3-8-34/h4-6,9-24,34,40H,1-3,7-8,25-28H2,(H,41,43). The van der Waals surface area contributed by atoms with Crippen LogP contribution in [0.5, 0.6) is 5.75 Å². The van der Waals surface area contributed by atoms with E-state index < -0.39 is 0 Å². The first kappa shape index (κ1) is 30.2. The second kappa shape index (κ2) is 15.2. The molecule has 5 aromatic rings. The third-order valence-electron chi connectivity index (χ3n) is 8.26. The first-order chi connectivity index (χ1) is 22.2. The van der Waals surface area contributed by atoms with Gasteiger partial charge in [-0.05, 0) is 83.1 Å². The van der Waals surface area contributed by atoms with Gasteiger partial charge < -0.3 is 24.7 Å². The summed E-state index contributed by atoms with van der Waals surface area (Å²) >= 11 is 0. The van der Waals surface area contributed by atoms with Crippen LogP contribution in [0.1, 0.15) is 54.6 Å². The number of ether oxygens (including phenoxy) is 1. The second-order valence-electron chi connectivity index (χ2n) is 11.6. The Bertz CT molecular complexity index is 1600. The van der Waals surface area contributed by atoms with Crippen LogP contribution < -0.4 is 15.4 Å². The highest BCUT2D eigenvalue weighted by molar-refractivity contribution is 5.89. The Morgan fingerprint density at radius 3 is 2.18 bits per heavy atom. The van der Waals surface area contributed by atoms with Crippen molar-refractivity contribution in [3.05, 3.63) is 138 Å². The zero-order valence-corrected chi connectivity index (χ0v) is 25.5. The van der Waals surface area contributed by atoms with Crippen molar-refractivity contribution < 1.29 is 13.9 Å². The molecule has 0 aliphatic heterocycles. The molecule has 7 heteroatoms. The second-order valence-corrected chi connectivity index (χ2v) is 11.6. The summed E-state index contributed by atoms with van der Waals surface area (Å²) in [5.41, 5.74) is 6.35. The molecule has 1 aliphatic carbocycles. The lowest BCUT2D eigenvalue weighted by molar-refractivity contribution is 0.206. The molecule has 1 aliphatic rings. The molecule has 0 spiro atoms. The van der Waals surface area contributed by atoms with Crippen molar-refractivity contribution in [2.24, 2.45) is 0 Å². The van der Waals surface area contributed by atoms with Gasteiger partial charge >= 0.3 is 6.03 Å². The quantitative estimate of drug-likeness (QED) is 0.150. The molecule has 2 N–H and O–H groups in total. The molecule has 6 rings (SSSR count). The maximum absolute atomic E-state index is 13.5. The third kappa shape index (κ3) is 8.83. The molecule has 230 valence electrons. The lowest BCUT2D eigenvalue weighted by atomic mass is 9.95. The minimum absolute atomic E-state index is 0.190. The number of urea groups is 1. The third-order valence-corrected chi connectivity index (χ3v) is 8.26. The summed E-state index contributed by atoms with van der Waals surface area (Å²) in [6.07, 6.45) is 11.8. The van der Waals surface area contributed by atoms with E-state index in [0.29, 0.717) is 37.2 Å². The molecule has 0 radical (unpaired) electrons. The Hall–Kier alpha value is -4.88. The number of nitrogens with zero attached hydrogens (tertiary/aromatic N) is 2. The summed E-state index contributed by atoms with van der Waals surface area (Å²) < 4.78 is 11.1. The summed E-state index contributed by atoms with van der Waals surface area (Å²) in [5, 5.41) is 6.77. The molecule has 2 heterocycles. The summed E-state index contributed by atoms with van der Waals surface area (Å²) in [6, 6.07) is 32.7. The largest absolute Gasteiger partial charge is 0.486 e. The smallest absolute Gasteiger partial charge is 0.322 e. The van der Waals surface area contributed by atoms with Gasteiger partial charge in [0, 0.05) is 43.8 Å². The molecule has 2 amide bonds. The molecular weight excluding hydrogens is 560 g/mol. The summed E-state index contributed by atoms with van der Waals surface area (Å²) in [6.45, 7) is 2.15. The van der Waals surface area contributed by atoms with Crippen LogP contribution in [0.25, 0.3) is 11.1 Å². The van der Waals surface area contributed by atoms with Gasteiger partial charge in [-0.2, -0.15) is 0 Å². The van der Waals surface area contributed by atoms with Gasteiger partial charge in [0.05, 0.1) is 6.26 Å². The van der Waals surface area contributed by atoms with E-state index in [0.717, 1.165) is 29.0 Å². The molecule has 0 saturated heterocycles. The number of hydrogen-bond donors (Lipinski definition) is 2. The zero-order valence-electron chi connectivity index (χ0n) is 25.5. The number of nitrogens with one attached hydrogen (secondary N) is 2. The van der Waals surface area contributed by atoms with Crippen LogP contribution in [0.3, 0.4) is 0 Å². The van der Waals surface area contributed by atoms with Crippen molar-refractivity contribution in [1.29, 1.82) is 0 Å². The molecule has 0 bridgehead atoms. The fraction of sp³-hybridized carbons (Fsp3) is 0.263. The number of hydrogen-bond acceptors (Lipinski definition) is 5. The van der Waals surface area contributed by atoms with Gasteiger partial charge in [0.15, 0.2) is 0 Å². The van der Waals surface area contributed by atoms with E-state index in [1.165, 1.54) is 43.2 Å². The highest BCUT2D eigenvalue weighted by atomic mass is 16.5. The van der Waals surface area contributed by atoms with Crippen molar-refractivity contribution in [2.75, 3.05) is 5.32 Å². The predicted molar refractivity (Wildman–Crippen MR) is 178 cm³/mol. The van der Waals surface area contributed by atoms with Gasteiger partial charge in [-0.3, -0.25) is 4.98 Å². The lowest BCUT2D eigenvalue weighted by Gasteiger charge is -2.23. The first-order valence-corrected chi connectivity index (χ1v) is 15.8. The number of rotatable bonds is 12. The average Bonchev–Trinajstić information content (AvgIpc) is 3.62. The highest BCUT2D eigenvalue weighted by Gasteiger charge is 2.16. The molecule has 1 saturated carbocycles. The van der Waals surface area contributed by atoms with E-state index in [4.69, 9.17) is 9.15 Å². The van der Waals surface area contributed by atoms with Crippen molar-refractivity contribution in [2.45, 2.75) is 64.4 Å². The van der Waals surface area contributed by atoms with Gasteiger partial charge in [0.25, 0.3) is 0 Å². The zero-order chi connectivity index (χ0) is 30.7. The molecule has 7 nitrogen and oxygen atoms in total. The number of benzene rings is 3. The maximum atomic E-state index is 13.5. The Morgan fingerprint density at radius 2 is 1.51 bits per heavy atom. The number of aromatic nitrogens is 1. The molecular formula is C38H40N4O3. The van der Waals surface area contributed by atoms with Crippen LogP contribution in [0.4, 0.5) is 10.5 Å². The average molecular weight is 601 g/mol. The highest BCUT2D eigenvalue weighted by Crippen LogP contribution is 2.23. The lowest BCUT2D eigenvalue weighted by Crippen LogP contribution is -2.34. The Morgan fingerprint density at radius 1 is 0.800 bits per heavy atom. The van der Waals surface area contributed by atoms with Crippen molar-refractivity contribution in [3.8, 4) is 16.9 Å². The molecule has 45 heavy (non-hydrogen) atoms. The van der Waals surface area contributed by atoms with Crippen LogP contribution in [-0.4, -0.2) is 22.0 Å². The van der Waals surface area contributed by atoms with E-state index in [1.54, 1.807) is 23.6 Å². The van der Waals surface area contributed by atoms with Crippen LogP contribution in [-0.2, 0) is 26.2 Å². The van der Waals surface area contributed by atoms with E-state index in [1.807, 2.05) is 48.5 Å². The predicted octanol–water partition coefficient (Wildman–Crippen LogP) is 8.58. The Kier molecular flexibility index (Phi) is 10.2. The fourth-order valence-electron chi connectivity index (χ4n) is 5.70. The number of amides is 2. The van der Waals surface area contributed by atoms with E-state index in [2.05, 4.69) is 64.1 Å². The van der Waals surface area contributed by atoms with Gasteiger partial charge in [0.1, 0.15) is 18.1 Å². The first-order valence-electron chi connectivity index (χ1n) is 15.8. The molecule has 2 aromatic heterocycles. The number of carbonyl (C=O) groups is 1. The minimum Gasteiger partial charge on any atom is -0.486 e. The van der Waals surface area contributed by atoms with Crippen LogP contribution in [0.2, 0.25) is 0 Å². The van der Waals surface area contributed by atoms with Gasteiger partial charge in [0.2, 0.25) is 0 Å². The van der Waals surface area contributed by atoms with Crippen LogP contribution in [0.15, 0.2) is 120 Å². The minimum atomic E-state index is -0.190. The number of anilines is 1. The van der Waals surface area contributed by atoms with Crippen LogP contribution in [0, 0.1) is 0 Å². The SMILES string of the molecule is O=C(Nc1ccc(OCc2ccco2)cc1)N(Cc1ccc(-c2ccc(CNC3CCCCC3)cc2)cc1)Cc1cccnc1. The van der Waals surface area contributed by atoms with Crippen molar-refractivity contribution >= 4 is 11.7 Å². The normalized spacial score (nSPS) is 13.3. The maximum Gasteiger partial charge on any atom is 0.322 e. The number of carbonyl (C=O) groups excluding carboxylic acids is 1. The molecule has 1 fully saturated rings. The molecule has 3 aromatic carbocycles. The van der Waals surface area contributed by atoms with Crippen molar-refractivity contribution in [3.63, 3.8) is 0 Å². The van der Waals surface area contributed by atoms with Gasteiger partial charge in [-0.25, -0.2) is 4.79 Å². The number of pyridine rings is 1. The summed E-state index contributed by atoms with van der Waals surface area (Å²) in [4.78, 5) is 19.5. The van der Waals surface area contributed by atoms with E-state index in [9.17, 15) is 4.79 Å². The Balaban J connectivity index is 1.07. The van der Waals surface area contributed by atoms with Crippen molar-refractivity contribution in [1.82, 2.24) is 15.2 Å². The summed E-state index contributed by atoms with van der Waals surface area (Å²) in [7, 11) is 0. The number of furan rings is 1. The molecule has 0 unspecified atom stereocenters. The molecule has 0 atom stereocenters. The fourth-order valence-corrected chi connectivity index (χ4v) is 5.70. The topological polar surface area (TPSA) is 79.6 Å². The van der Waals surface area contributed by atoms with E-state index >= 15 is 0 Å². The monoisotopic (exact) mass is 600 g/mol. The van der Waals surface area contributed by atoms with Gasteiger partial charge in [-0.15, -0.1) is 0 Å². The van der Waals surface area contributed by atoms with Gasteiger partial charge in [-0.1, -0.05) is 73.9 Å². The summed E-state index contributed by atoms with van der Waals surface area (Å²) in [5.74, 6) is 1.45. The van der Waals surface area contributed by atoms with Crippen LogP contribution >= 0.6 is 0 Å².